The van der Waals surface area contributed by atoms with E-state index in [1.165, 1.54) is 17.0 Å². The van der Waals surface area contributed by atoms with E-state index in [4.69, 9.17) is 4.74 Å². The number of methoxy groups -OCH3 is 1. The van der Waals surface area contributed by atoms with Crippen LogP contribution in [0.15, 0.2) is 78.9 Å². The number of benzene rings is 3. The number of carbonyl (C=O) groups excluding carboxylic acids is 3. The molecule has 3 aromatic carbocycles. The Balaban J connectivity index is 1.58. The van der Waals surface area contributed by atoms with Gasteiger partial charge in [0.25, 0.3) is 17.7 Å². The number of nitrogens with one attached hydrogen (secondary N) is 1. The first-order valence-electron chi connectivity index (χ1n) is 10.3. The van der Waals surface area contributed by atoms with Crippen LogP contribution in [0.3, 0.4) is 0 Å². The number of carbonyl (C=O) groups is 3. The Labute approximate surface area is 186 Å². The standard InChI is InChI=1S/C25H23N3O4/c1-32-16-8-15-27-24(30)21-14-13-18(17-22(21)25(27)31)23(29)26-28(19-9-4-2-5-10-19)20-11-6-3-7-12-20/h2-7,9-14,17H,8,15-16H2,1H3,(H,26,29). The molecule has 0 aliphatic carbocycles. The third kappa shape index (κ3) is 4.24. The highest BCUT2D eigenvalue weighted by Crippen LogP contribution is 2.26. The maximum absolute atomic E-state index is 13.1. The number of hydrogen-bond acceptors (Lipinski definition) is 5. The van der Waals surface area contributed by atoms with Crippen molar-refractivity contribution in [2.45, 2.75) is 6.42 Å². The van der Waals surface area contributed by atoms with Crippen LogP contribution in [0.25, 0.3) is 0 Å². The van der Waals surface area contributed by atoms with Gasteiger partial charge in [0.05, 0.1) is 22.5 Å². The van der Waals surface area contributed by atoms with Crippen LogP contribution < -0.4 is 10.4 Å². The average Bonchev–Trinajstić information content (AvgIpc) is 3.08. The zero-order valence-corrected chi connectivity index (χ0v) is 17.7. The molecule has 0 spiro atoms. The molecule has 1 heterocycles. The minimum Gasteiger partial charge on any atom is -0.385 e. The Kier molecular flexibility index (Phi) is 6.28. The first-order chi connectivity index (χ1) is 15.6. The number of para-hydroxylation sites is 2. The third-order valence-electron chi connectivity index (χ3n) is 5.21. The van der Waals surface area contributed by atoms with Gasteiger partial charge in [-0.25, -0.2) is 0 Å². The molecule has 0 unspecified atom stereocenters. The summed E-state index contributed by atoms with van der Waals surface area (Å²) in [4.78, 5) is 39.7. The summed E-state index contributed by atoms with van der Waals surface area (Å²) in [5.41, 5.74) is 5.31. The van der Waals surface area contributed by atoms with E-state index >= 15 is 0 Å². The molecule has 7 heteroatoms. The van der Waals surface area contributed by atoms with E-state index < -0.39 is 11.8 Å². The minimum atomic E-state index is -0.390. The van der Waals surface area contributed by atoms with E-state index in [1.54, 1.807) is 18.2 Å². The van der Waals surface area contributed by atoms with Gasteiger partial charge in [-0.2, -0.15) is 0 Å². The lowest BCUT2D eigenvalue weighted by Gasteiger charge is -2.25. The Morgan fingerprint density at radius 2 is 1.47 bits per heavy atom. The molecule has 4 rings (SSSR count). The van der Waals surface area contributed by atoms with E-state index in [1.807, 2.05) is 60.7 Å². The lowest BCUT2D eigenvalue weighted by atomic mass is 10.1. The van der Waals surface area contributed by atoms with Crippen molar-refractivity contribution in [3.8, 4) is 0 Å². The number of anilines is 2. The van der Waals surface area contributed by atoms with E-state index in [9.17, 15) is 14.4 Å². The molecule has 1 aliphatic heterocycles. The smallest absolute Gasteiger partial charge is 0.270 e. The lowest BCUT2D eigenvalue weighted by molar-refractivity contribution is 0.0638. The summed E-state index contributed by atoms with van der Waals surface area (Å²) in [6.07, 6.45) is 0.554. The molecule has 0 saturated carbocycles. The summed E-state index contributed by atoms with van der Waals surface area (Å²) in [5, 5.41) is 1.68. The summed E-state index contributed by atoms with van der Waals surface area (Å²) in [6.45, 7) is 0.730. The van der Waals surface area contributed by atoms with Crippen molar-refractivity contribution in [3.63, 3.8) is 0 Å². The zero-order chi connectivity index (χ0) is 22.5. The Morgan fingerprint density at radius 1 is 0.875 bits per heavy atom. The Bertz CT molecular complexity index is 1090. The molecular formula is C25H23N3O4. The van der Waals surface area contributed by atoms with Crippen LogP contribution in [0.5, 0.6) is 0 Å². The van der Waals surface area contributed by atoms with Gasteiger partial charge in [0, 0.05) is 25.8 Å². The highest BCUT2D eigenvalue weighted by atomic mass is 16.5. The van der Waals surface area contributed by atoms with Crippen molar-refractivity contribution in [3.05, 3.63) is 95.6 Å². The van der Waals surface area contributed by atoms with Crippen LogP contribution in [0.4, 0.5) is 11.4 Å². The predicted octanol–water partition coefficient (Wildman–Crippen LogP) is 3.80. The molecule has 1 aliphatic rings. The summed E-state index contributed by atoms with van der Waals surface area (Å²) in [6, 6.07) is 23.5. The van der Waals surface area contributed by atoms with Crippen LogP contribution in [0.2, 0.25) is 0 Å². The molecule has 0 saturated heterocycles. The molecule has 3 aromatic rings. The van der Waals surface area contributed by atoms with E-state index in [0.717, 1.165) is 11.4 Å². The van der Waals surface area contributed by atoms with Crippen molar-refractivity contribution in [1.29, 1.82) is 0 Å². The summed E-state index contributed by atoms with van der Waals surface area (Å²) < 4.78 is 5.00. The van der Waals surface area contributed by atoms with Gasteiger partial charge in [-0.3, -0.25) is 29.7 Å². The molecule has 1 N–H and O–H groups in total. The monoisotopic (exact) mass is 429 g/mol. The number of hydrogen-bond donors (Lipinski definition) is 1. The maximum atomic E-state index is 13.1. The van der Waals surface area contributed by atoms with Gasteiger partial charge in [0.2, 0.25) is 0 Å². The van der Waals surface area contributed by atoms with Crippen LogP contribution in [-0.2, 0) is 4.74 Å². The second-order valence-electron chi connectivity index (χ2n) is 7.32. The van der Waals surface area contributed by atoms with Crippen LogP contribution in [-0.4, -0.2) is 42.9 Å². The highest BCUT2D eigenvalue weighted by molar-refractivity contribution is 6.22. The predicted molar refractivity (Wildman–Crippen MR) is 121 cm³/mol. The van der Waals surface area contributed by atoms with Gasteiger partial charge in [-0.05, 0) is 48.9 Å². The molecule has 32 heavy (non-hydrogen) atoms. The first kappa shape index (κ1) is 21.3. The van der Waals surface area contributed by atoms with E-state index in [2.05, 4.69) is 5.43 Å². The number of rotatable bonds is 8. The molecule has 0 atom stereocenters. The van der Waals surface area contributed by atoms with E-state index in [0.29, 0.717) is 24.2 Å². The fourth-order valence-corrected chi connectivity index (χ4v) is 3.60. The van der Waals surface area contributed by atoms with E-state index in [-0.39, 0.29) is 18.0 Å². The Morgan fingerprint density at radius 3 is 2.06 bits per heavy atom. The SMILES string of the molecule is COCCCN1C(=O)c2ccc(C(=O)NN(c3ccccc3)c3ccccc3)cc2C1=O. The number of imide groups is 1. The molecule has 162 valence electrons. The number of amides is 3. The summed E-state index contributed by atoms with van der Waals surface area (Å²) in [7, 11) is 1.57. The van der Waals surface area contributed by atoms with Crippen LogP contribution in [0, 0.1) is 0 Å². The van der Waals surface area contributed by atoms with Gasteiger partial charge >= 0.3 is 0 Å². The fraction of sp³-hybridized carbons (Fsp3) is 0.160. The van der Waals surface area contributed by atoms with Crippen molar-refractivity contribution in [1.82, 2.24) is 10.3 Å². The molecule has 0 bridgehead atoms. The fourth-order valence-electron chi connectivity index (χ4n) is 3.60. The van der Waals surface area contributed by atoms with Gasteiger partial charge in [0.1, 0.15) is 0 Å². The van der Waals surface area contributed by atoms with Gasteiger partial charge in [-0.1, -0.05) is 36.4 Å². The van der Waals surface area contributed by atoms with Crippen molar-refractivity contribution >= 4 is 29.1 Å². The molecule has 0 radical (unpaired) electrons. The number of fused-ring (bicyclic) bond motifs is 1. The molecule has 3 amide bonds. The van der Waals surface area contributed by atoms with Gasteiger partial charge < -0.3 is 4.74 Å². The first-order valence-corrected chi connectivity index (χ1v) is 10.3. The average molecular weight is 429 g/mol. The van der Waals surface area contributed by atoms with Gasteiger partial charge in [0.15, 0.2) is 0 Å². The summed E-state index contributed by atoms with van der Waals surface area (Å²) in [5.74, 6) is -1.12. The number of ether oxygens (including phenoxy) is 1. The van der Waals surface area contributed by atoms with Gasteiger partial charge in [-0.15, -0.1) is 0 Å². The minimum absolute atomic E-state index is 0.242. The summed E-state index contributed by atoms with van der Waals surface area (Å²) >= 11 is 0. The molecule has 0 aromatic heterocycles. The second-order valence-corrected chi connectivity index (χ2v) is 7.32. The van der Waals surface area contributed by atoms with Crippen molar-refractivity contribution in [2.24, 2.45) is 0 Å². The number of nitrogens with zero attached hydrogens (tertiary/aromatic N) is 2. The van der Waals surface area contributed by atoms with Crippen molar-refractivity contribution < 1.29 is 19.1 Å². The largest absolute Gasteiger partial charge is 0.385 e. The van der Waals surface area contributed by atoms with Crippen molar-refractivity contribution in [2.75, 3.05) is 25.3 Å². The lowest BCUT2D eigenvalue weighted by Crippen LogP contribution is -2.39. The molecular weight excluding hydrogens is 406 g/mol. The zero-order valence-electron chi connectivity index (χ0n) is 17.7. The second kappa shape index (κ2) is 9.45. The molecule has 0 fully saturated rings. The quantitative estimate of drug-likeness (QED) is 0.335. The normalized spacial score (nSPS) is 12.6. The maximum Gasteiger partial charge on any atom is 0.270 e. The van der Waals surface area contributed by atoms with Crippen LogP contribution in [0.1, 0.15) is 37.5 Å². The molecule has 7 nitrogen and oxygen atoms in total. The Hall–Kier alpha value is -3.97. The van der Waals surface area contributed by atoms with Crippen LogP contribution >= 0.6 is 0 Å². The topological polar surface area (TPSA) is 79.0 Å². The highest BCUT2D eigenvalue weighted by Gasteiger charge is 2.35. The number of hydrazine groups is 1. The third-order valence-corrected chi connectivity index (χ3v) is 5.21.